The van der Waals surface area contributed by atoms with Crippen molar-refractivity contribution in [1.29, 1.82) is 0 Å². The van der Waals surface area contributed by atoms with E-state index in [-0.39, 0.29) is 17.9 Å². The van der Waals surface area contributed by atoms with Crippen molar-refractivity contribution in [2.45, 2.75) is 26.4 Å². The largest absolute Gasteiger partial charge is 0.459 e. The Bertz CT molecular complexity index is 497. The maximum absolute atomic E-state index is 11.5. The van der Waals surface area contributed by atoms with E-state index in [0.717, 1.165) is 0 Å². The topological polar surface area (TPSA) is 81.5 Å². The van der Waals surface area contributed by atoms with E-state index in [9.17, 15) is 14.9 Å². The first-order valence-electron chi connectivity index (χ1n) is 5.59. The number of nitro benzene ring substituents is 1. The summed E-state index contributed by atoms with van der Waals surface area (Å²) in [6, 6.07) is 4.47. The van der Waals surface area contributed by atoms with Gasteiger partial charge in [0.15, 0.2) is 0 Å². The lowest BCUT2D eigenvalue weighted by Gasteiger charge is -2.19. The first kappa shape index (κ1) is 15.4. The van der Waals surface area contributed by atoms with Gasteiger partial charge in [-0.25, -0.2) is 0 Å². The third kappa shape index (κ3) is 5.25. The summed E-state index contributed by atoms with van der Waals surface area (Å²) in [5.74, 6) is -0.471. The van der Waals surface area contributed by atoms with Gasteiger partial charge in [-0.2, -0.15) is 0 Å². The highest BCUT2D eigenvalue weighted by Crippen LogP contribution is 2.27. The van der Waals surface area contributed by atoms with Crippen molar-refractivity contribution in [3.63, 3.8) is 0 Å². The van der Waals surface area contributed by atoms with Crippen LogP contribution in [-0.2, 0) is 9.53 Å². The molecule has 0 radical (unpaired) electrons. The molecule has 0 saturated heterocycles. The number of anilines is 1. The monoisotopic (exact) mass is 330 g/mol. The smallest absolute Gasteiger partial charge is 0.325 e. The fourth-order valence-electron chi connectivity index (χ4n) is 1.35. The van der Waals surface area contributed by atoms with E-state index in [1.165, 1.54) is 6.07 Å². The Morgan fingerprint density at radius 2 is 2.11 bits per heavy atom. The van der Waals surface area contributed by atoms with Crippen LogP contribution in [0.2, 0.25) is 0 Å². The summed E-state index contributed by atoms with van der Waals surface area (Å²) in [6.07, 6.45) is 0. The number of benzene rings is 1. The van der Waals surface area contributed by atoms with Gasteiger partial charge in [-0.05, 0) is 32.9 Å². The van der Waals surface area contributed by atoms with E-state index in [2.05, 4.69) is 21.2 Å². The fraction of sp³-hybridized carbons (Fsp3) is 0.417. The maximum Gasteiger partial charge on any atom is 0.325 e. The molecule has 19 heavy (non-hydrogen) atoms. The van der Waals surface area contributed by atoms with E-state index in [0.29, 0.717) is 4.47 Å². The van der Waals surface area contributed by atoms with E-state index < -0.39 is 16.5 Å². The Balaban J connectivity index is 2.75. The number of hydrogen-bond donors (Lipinski definition) is 1. The molecule has 0 aliphatic rings. The van der Waals surface area contributed by atoms with Crippen LogP contribution in [0.15, 0.2) is 22.7 Å². The van der Waals surface area contributed by atoms with Crippen molar-refractivity contribution < 1.29 is 14.5 Å². The summed E-state index contributed by atoms with van der Waals surface area (Å²) in [7, 11) is 0. The normalized spacial score (nSPS) is 10.9. The minimum Gasteiger partial charge on any atom is -0.459 e. The molecule has 0 aromatic heterocycles. The number of ether oxygens (including phenoxy) is 1. The summed E-state index contributed by atoms with van der Waals surface area (Å²) in [5.41, 5.74) is -0.404. The molecule has 0 spiro atoms. The molecule has 0 fully saturated rings. The van der Waals surface area contributed by atoms with Gasteiger partial charge in [0.05, 0.1) is 4.92 Å². The van der Waals surface area contributed by atoms with Gasteiger partial charge >= 0.3 is 5.97 Å². The minimum absolute atomic E-state index is 0.0910. The van der Waals surface area contributed by atoms with Crippen LogP contribution in [0.5, 0.6) is 0 Å². The Morgan fingerprint density at radius 1 is 1.47 bits per heavy atom. The Kier molecular flexibility index (Phi) is 4.88. The predicted molar refractivity (Wildman–Crippen MR) is 75.1 cm³/mol. The number of nitro groups is 1. The summed E-state index contributed by atoms with van der Waals surface area (Å²) in [4.78, 5) is 21.9. The summed E-state index contributed by atoms with van der Waals surface area (Å²) >= 11 is 3.22. The molecule has 0 aliphatic carbocycles. The van der Waals surface area contributed by atoms with Crippen LogP contribution < -0.4 is 5.32 Å². The van der Waals surface area contributed by atoms with Crippen LogP contribution in [-0.4, -0.2) is 23.0 Å². The van der Waals surface area contributed by atoms with E-state index in [4.69, 9.17) is 4.74 Å². The molecule has 1 rings (SSSR count). The Morgan fingerprint density at radius 3 is 2.63 bits per heavy atom. The van der Waals surface area contributed by atoms with Gasteiger partial charge in [0.1, 0.15) is 17.8 Å². The SMILES string of the molecule is CC(C)(C)OC(=O)CNc1cc(Br)ccc1[N+](=O)[O-]. The number of nitrogens with one attached hydrogen (secondary N) is 1. The zero-order chi connectivity index (χ0) is 14.6. The number of carbonyl (C=O) groups excluding carboxylic acids is 1. The van der Waals surface area contributed by atoms with Gasteiger partial charge in [-0.3, -0.25) is 14.9 Å². The first-order chi connectivity index (χ1) is 8.69. The molecule has 1 N–H and O–H groups in total. The van der Waals surface area contributed by atoms with Crippen molar-refractivity contribution in [1.82, 2.24) is 0 Å². The van der Waals surface area contributed by atoms with E-state index >= 15 is 0 Å². The number of carbonyl (C=O) groups is 1. The molecule has 1 aromatic rings. The molecule has 0 amide bonds. The summed E-state index contributed by atoms with van der Waals surface area (Å²) < 4.78 is 5.79. The predicted octanol–water partition coefficient (Wildman–Crippen LogP) is 3.11. The van der Waals surface area contributed by atoms with Crippen LogP contribution >= 0.6 is 15.9 Å². The minimum atomic E-state index is -0.581. The van der Waals surface area contributed by atoms with Gasteiger partial charge < -0.3 is 10.1 Å². The third-order valence-corrected chi connectivity index (χ3v) is 2.49. The lowest BCUT2D eigenvalue weighted by Crippen LogP contribution is -2.28. The second-order valence-electron chi connectivity index (χ2n) is 4.86. The van der Waals surface area contributed by atoms with Crippen LogP contribution in [0.1, 0.15) is 20.8 Å². The summed E-state index contributed by atoms with van der Waals surface area (Å²) in [6.45, 7) is 5.14. The quantitative estimate of drug-likeness (QED) is 0.521. The lowest BCUT2D eigenvalue weighted by molar-refractivity contribution is -0.384. The highest BCUT2D eigenvalue weighted by atomic mass is 79.9. The van der Waals surface area contributed by atoms with Crippen molar-refractivity contribution in [2.75, 3.05) is 11.9 Å². The molecule has 0 saturated carbocycles. The van der Waals surface area contributed by atoms with Gasteiger partial charge in [0, 0.05) is 10.5 Å². The van der Waals surface area contributed by atoms with Crippen LogP contribution in [0.25, 0.3) is 0 Å². The number of halogens is 1. The number of hydrogen-bond acceptors (Lipinski definition) is 5. The second-order valence-corrected chi connectivity index (χ2v) is 5.77. The number of rotatable bonds is 4. The molecular weight excluding hydrogens is 316 g/mol. The maximum atomic E-state index is 11.5. The molecule has 7 heteroatoms. The standard InChI is InChI=1S/C12H15BrN2O4/c1-12(2,3)19-11(16)7-14-9-6-8(13)4-5-10(9)15(17)18/h4-6,14H,7H2,1-3H3. The van der Waals surface area contributed by atoms with Crippen molar-refractivity contribution in [3.05, 3.63) is 32.8 Å². The average molecular weight is 331 g/mol. The highest BCUT2D eigenvalue weighted by Gasteiger charge is 2.18. The summed E-state index contributed by atoms with van der Waals surface area (Å²) in [5, 5.41) is 13.6. The molecule has 0 heterocycles. The zero-order valence-corrected chi connectivity index (χ0v) is 12.5. The molecule has 104 valence electrons. The third-order valence-electron chi connectivity index (χ3n) is 2.00. The van der Waals surface area contributed by atoms with Gasteiger partial charge in [0.25, 0.3) is 5.69 Å². The van der Waals surface area contributed by atoms with Crippen LogP contribution in [0.3, 0.4) is 0 Å². The first-order valence-corrected chi connectivity index (χ1v) is 6.38. The van der Waals surface area contributed by atoms with Crippen molar-refractivity contribution in [2.24, 2.45) is 0 Å². The Hall–Kier alpha value is -1.63. The number of esters is 1. The number of nitrogens with zero attached hydrogens (tertiary/aromatic N) is 1. The average Bonchev–Trinajstić information content (AvgIpc) is 2.23. The highest BCUT2D eigenvalue weighted by molar-refractivity contribution is 9.10. The fourth-order valence-corrected chi connectivity index (χ4v) is 1.72. The molecule has 6 nitrogen and oxygen atoms in total. The van der Waals surface area contributed by atoms with Crippen LogP contribution in [0, 0.1) is 10.1 Å². The zero-order valence-electron chi connectivity index (χ0n) is 10.9. The molecule has 0 unspecified atom stereocenters. The Labute approximate surface area is 119 Å². The molecule has 1 aromatic carbocycles. The van der Waals surface area contributed by atoms with E-state index in [1.54, 1.807) is 32.9 Å². The molecule has 0 bridgehead atoms. The van der Waals surface area contributed by atoms with Crippen molar-refractivity contribution >= 4 is 33.3 Å². The molecular formula is C12H15BrN2O4. The van der Waals surface area contributed by atoms with Crippen molar-refractivity contribution in [3.8, 4) is 0 Å². The second kappa shape index (κ2) is 6.01. The van der Waals surface area contributed by atoms with Gasteiger partial charge in [-0.15, -0.1) is 0 Å². The van der Waals surface area contributed by atoms with E-state index in [1.807, 2.05) is 0 Å². The van der Waals surface area contributed by atoms with Gasteiger partial charge in [0.2, 0.25) is 0 Å². The van der Waals surface area contributed by atoms with Gasteiger partial charge in [-0.1, -0.05) is 15.9 Å². The lowest BCUT2D eigenvalue weighted by atomic mass is 10.2. The molecule has 0 atom stereocenters. The van der Waals surface area contributed by atoms with Crippen LogP contribution in [0.4, 0.5) is 11.4 Å². The molecule has 0 aliphatic heterocycles.